The van der Waals surface area contributed by atoms with Crippen molar-refractivity contribution in [1.82, 2.24) is 0 Å². The largest absolute Gasteiger partial charge is 0.383 e. The summed E-state index contributed by atoms with van der Waals surface area (Å²) in [5.74, 6) is 0. The van der Waals surface area contributed by atoms with Crippen molar-refractivity contribution in [3.63, 3.8) is 0 Å². The van der Waals surface area contributed by atoms with Gasteiger partial charge in [0.25, 0.3) is 5.69 Å². The Morgan fingerprint density at radius 1 is 1.53 bits per heavy atom. The number of non-ortho nitro benzene ring substituents is 1. The average molecular weight is 259 g/mol. The van der Waals surface area contributed by atoms with E-state index in [0.29, 0.717) is 16.7 Å². The summed E-state index contributed by atoms with van der Waals surface area (Å²) in [6, 6.07) is 6.39. The van der Waals surface area contributed by atoms with Gasteiger partial charge in [0.1, 0.15) is 6.07 Å². The molecule has 0 heterocycles. The summed E-state index contributed by atoms with van der Waals surface area (Å²) in [4.78, 5) is 10.2. The fourth-order valence-electron chi connectivity index (χ4n) is 2.51. The molecule has 100 valence electrons. The molecule has 0 aliphatic heterocycles. The fraction of sp³-hybridized carbons (Fsp3) is 0.500. The normalized spacial score (nSPS) is 16.2. The topological polar surface area (TPSA) is 79.0 Å². The standard InChI is InChI=1S/C14H17N3O2/c1-2-14(6-3-7-14)10-16-13-5-4-12(17(18)19)8-11(13)9-15/h4-5,8,16H,2-3,6-7,10H2,1H3. The minimum absolute atomic E-state index is 0.0454. The molecule has 0 radical (unpaired) electrons. The van der Waals surface area contributed by atoms with Crippen LogP contribution in [0.5, 0.6) is 0 Å². The molecule has 1 aliphatic rings. The summed E-state index contributed by atoms with van der Waals surface area (Å²) < 4.78 is 0. The van der Waals surface area contributed by atoms with E-state index in [9.17, 15) is 10.1 Å². The van der Waals surface area contributed by atoms with E-state index in [2.05, 4.69) is 12.2 Å². The molecule has 5 heteroatoms. The van der Waals surface area contributed by atoms with E-state index in [1.54, 1.807) is 6.07 Å². The van der Waals surface area contributed by atoms with Gasteiger partial charge >= 0.3 is 0 Å². The third kappa shape index (κ3) is 2.68. The van der Waals surface area contributed by atoms with Crippen LogP contribution >= 0.6 is 0 Å². The molecule has 0 atom stereocenters. The van der Waals surface area contributed by atoms with Crippen molar-refractivity contribution in [3.05, 3.63) is 33.9 Å². The second kappa shape index (κ2) is 5.27. The third-order valence-corrected chi connectivity index (χ3v) is 4.15. The Bertz CT molecular complexity index is 524. The predicted molar refractivity (Wildman–Crippen MR) is 72.9 cm³/mol. The van der Waals surface area contributed by atoms with Gasteiger partial charge in [-0.05, 0) is 30.7 Å². The zero-order valence-electron chi connectivity index (χ0n) is 11.0. The molecule has 1 N–H and O–H groups in total. The van der Waals surface area contributed by atoms with Gasteiger partial charge in [-0.15, -0.1) is 0 Å². The predicted octanol–water partition coefficient (Wildman–Crippen LogP) is 3.46. The molecular weight excluding hydrogens is 242 g/mol. The van der Waals surface area contributed by atoms with Crippen molar-refractivity contribution < 1.29 is 4.92 Å². The zero-order chi connectivity index (χ0) is 13.9. The van der Waals surface area contributed by atoms with Gasteiger partial charge in [0.05, 0.1) is 16.2 Å². The second-order valence-corrected chi connectivity index (χ2v) is 5.16. The zero-order valence-corrected chi connectivity index (χ0v) is 11.0. The quantitative estimate of drug-likeness (QED) is 0.648. The molecule has 0 unspecified atom stereocenters. The first-order valence-corrected chi connectivity index (χ1v) is 6.53. The second-order valence-electron chi connectivity index (χ2n) is 5.16. The SMILES string of the molecule is CCC1(CNc2ccc([N+](=O)[O-])cc2C#N)CCC1. The van der Waals surface area contributed by atoms with Crippen molar-refractivity contribution in [2.75, 3.05) is 11.9 Å². The lowest BCUT2D eigenvalue weighted by Crippen LogP contribution is -2.35. The number of benzene rings is 1. The maximum atomic E-state index is 10.7. The van der Waals surface area contributed by atoms with E-state index >= 15 is 0 Å². The fourth-order valence-corrected chi connectivity index (χ4v) is 2.51. The average Bonchev–Trinajstić information content (AvgIpc) is 2.37. The first-order chi connectivity index (χ1) is 9.10. The Balaban J connectivity index is 2.12. The summed E-state index contributed by atoms with van der Waals surface area (Å²) in [5.41, 5.74) is 1.32. The summed E-state index contributed by atoms with van der Waals surface area (Å²) in [7, 11) is 0. The van der Waals surface area contributed by atoms with Crippen molar-refractivity contribution >= 4 is 11.4 Å². The van der Waals surface area contributed by atoms with Gasteiger partial charge in [0.2, 0.25) is 0 Å². The van der Waals surface area contributed by atoms with Crippen molar-refractivity contribution in [3.8, 4) is 6.07 Å². The minimum Gasteiger partial charge on any atom is -0.383 e. The number of nitro benzene ring substituents is 1. The van der Waals surface area contributed by atoms with Crippen LogP contribution in [0.4, 0.5) is 11.4 Å². The van der Waals surface area contributed by atoms with Gasteiger partial charge in [-0.2, -0.15) is 5.26 Å². The first-order valence-electron chi connectivity index (χ1n) is 6.53. The van der Waals surface area contributed by atoms with Gasteiger partial charge in [0.15, 0.2) is 0 Å². The lowest BCUT2D eigenvalue weighted by molar-refractivity contribution is -0.384. The van der Waals surface area contributed by atoms with Crippen LogP contribution in [0.25, 0.3) is 0 Å². The number of hydrogen-bond donors (Lipinski definition) is 1. The van der Waals surface area contributed by atoms with E-state index in [4.69, 9.17) is 5.26 Å². The van der Waals surface area contributed by atoms with Gasteiger partial charge in [-0.25, -0.2) is 0 Å². The van der Waals surface area contributed by atoms with Crippen LogP contribution in [0.3, 0.4) is 0 Å². The molecule has 0 spiro atoms. The van der Waals surface area contributed by atoms with E-state index in [0.717, 1.165) is 13.0 Å². The van der Waals surface area contributed by atoms with E-state index in [1.807, 2.05) is 6.07 Å². The molecule has 1 fully saturated rings. The maximum absolute atomic E-state index is 10.7. The number of anilines is 1. The Morgan fingerprint density at radius 2 is 2.26 bits per heavy atom. The van der Waals surface area contributed by atoms with Gasteiger partial charge in [-0.3, -0.25) is 10.1 Å². The Labute approximate surface area is 112 Å². The molecule has 0 saturated heterocycles. The Hall–Kier alpha value is -2.09. The molecule has 0 amide bonds. The number of hydrogen-bond acceptors (Lipinski definition) is 4. The van der Waals surface area contributed by atoms with Gasteiger partial charge < -0.3 is 5.32 Å². The number of nitrogens with zero attached hydrogens (tertiary/aromatic N) is 2. The first kappa shape index (κ1) is 13.3. The lowest BCUT2D eigenvalue weighted by atomic mass is 9.67. The molecule has 1 aliphatic carbocycles. The smallest absolute Gasteiger partial charge is 0.270 e. The van der Waals surface area contributed by atoms with Crippen LogP contribution in [0.2, 0.25) is 0 Å². The molecule has 1 aromatic rings. The van der Waals surface area contributed by atoms with Crippen LogP contribution in [0.1, 0.15) is 38.2 Å². The van der Waals surface area contributed by atoms with Crippen molar-refractivity contribution in [2.45, 2.75) is 32.6 Å². The highest BCUT2D eigenvalue weighted by Crippen LogP contribution is 2.43. The summed E-state index contributed by atoms with van der Waals surface area (Å²) >= 11 is 0. The number of rotatable bonds is 5. The molecule has 0 bridgehead atoms. The molecule has 1 aromatic carbocycles. The molecule has 2 rings (SSSR count). The summed E-state index contributed by atoms with van der Waals surface area (Å²) in [5, 5.41) is 23.0. The third-order valence-electron chi connectivity index (χ3n) is 4.15. The highest BCUT2D eigenvalue weighted by molar-refractivity contribution is 5.61. The van der Waals surface area contributed by atoms with Crippen molar-refractivity contribution in [1.29, 1.82) is 5.26 Å². The highest BCUT2D eigenvalue weighted by Gasteiger charge is 2.34. The Morgan fingerprint density at radius 3 is 2.74 bits per heavy atom. The number of nitriles is 1. The number of nitrogens with one attached hydrogen (secondary N) is 1. The van der Waals surface area contributed by atoms with Crippen LogP contribution < -0.4 is 5.32 Å². The molecule has 0 aromatic heterocycles. The van der Waals surface area contributed by atoms with Gasteiger partial charge in [-0.1, -0.05) is 13.3 Å². The van der Waals surface area contributed by atoms with E-state index < -0.39 is 4.92 Å². The summed E-state index contributed by atoms with van der Waals surface area (Å²) in [6.07, 6.45) is 4.81. The van der Waals surface area contributed by atoms with Crippen LogP contribution in [-0.4, -0.2) is 11.5 Å². The van der Waals surface area contributed by atoms with Crippen LogP contribution in [0, 0.1) is 26.9 Å². The van der Waals surface area contributed by atoms with E-state index in [-0.39, 0.29) is 5.69 Å². The molecule has 1 saturated carbocycles. The van der Waals surface area contributed by atoms with Crippen molar-refractivity contribution in [2.24, 2.45) is 5.41 Å². The Kier molecular flexibility index (Phi) is 3.70. The van der Waals surface area contributed by atoms with Gasteiger partial charge in [0, 0.05) is 18.7 Å². The molecular formula is C14H17N3O2. The van der Waals surface area contributed by atoms with Crippen LogP contribution in [-0.2, 0) is 0 Å². The highest BCUT2D eigenvalue weighted by atomic mass is 16.6. The molecule has 19 heavy (non-hydrogen) atoms. The maximum Gasteiger partial charge on any atom is 0.270 e. The summed E-state index contributed by atoms with van der Waals surface area (Å²) in [6.45, 7) is 3.01. The minimum atomic E-state index is -0.482. The monoisotopic (exact) mass is 259 g/mol. The molecule has 5 nitrogen and oxygen atoms in total. The van der Waals surface area contributed by atoms with Crippen LogP contribution in [0.15, 0.2) is 18.2 Å². The lowest BCUT2D eigenvalue weighted by Gasteiger charge is -2.41. The number of nitro groups is 1. The van der Waals surface area contributed by atoms with E-state index in [1.165, 1.54) is 31.4 Å².